The fraction of sp³-hybridized carbons (Fsp3) is 0.214. The van der Waals surface area contributed by atoms with E-state index in [4.69, 9.17) is 4.74 Å². The fourth-order valence-electron chi connectivity index (χ4n) is 5.20. The molecule has 7 nitrogen and oxygen atoms in total. The molecule has 2 aliphatic heterocycles. The molecule has 0 saturated carbocycles. The zero-order chi connectivity index (χ0) is 24.1. The molecular formula is C28H26N4O3. The molecule has 0 fully saturated rings. The van der Waals surface area contributed by atoms with Gasteiger partial charge in [0.2, 0.25) is 0 Å². The van der Waals surface area contributed by atoms with Crippen molar-refractivity contribution in [3.63, 3.8) is 0 Å². The van der Waals surface area contributed by atoms with Gasteiger partial charge in [0.15, 0.2) is 0 Å². The number of carbonyl (C=O) groups is 2. The van der Waals surface area contributed by atoms with E-state index in [1.807, 2.05) is 86.1 Å². The summed E-state index contributed by atoms with van der Waals surface area (Å²) in [6.07, 6.45) is 6.69. The van der Waals surface area contributed by atoms with E-state index in [0.29, 0.717) is 37.3 Å². The molecule has 0 radical (unpaired) electrons. The zero-order valence-corrected chi connectivity index (χ0v) is 19.7. The first-order valence-corrected chi connectivity index (χ1v) is 11.8. The van der Waals surface area contributed by atoms with Gasteiger partial charge in [0, 0.05) is 78.6 Å². The smallest absolute Gasteiger partial charge is 0.259 e. The van der Waals surface area contributed by atoms with Crippen molar-refractivity contribution >= 4 is 44.8 Å². The SMILES string of the molecule is CN(C)C=C1CCn2cc(c3ccccc32)C2=C(C(=O)NC2=O)c2cn(c3ccccc23)CCO1. The van der Waals surface area contributed by atoms with Crippen LogP contribution in [0.1, 0.15) is 17.5 Å². The highest BCUT2D eigenvalue weighted by Crippen LogP contribution is 2.39. The van der Waals surface area contributed by atoms with Gasteiger partial charge in [-0.1, -0.05) is 36.4 Å². The number of aryl methyl sites for hydroxylation is 1. The molecule has 4 heterocycles. The Labute approximate surface area is 202 Å². The minimum Gasteiger partial charge on any atom is -0.494 e. The molecule has 2 aliphatic rings. The summed E-state index contributed by atoms with van der Waals surface area (Å²) in [6.45, 7) is 1.80. The summed E-state index contributed by atoms with van der Waals surface area (Å²) in [7, 11) is 3.97. The summed E-state index contributed by atoms with van der Waals surface area (Å²) < 4.78 is 10.5. The first-order valence-electron chi connectivity index (χ1n) is 11.8. The Hall–Kier alpha value is -4.26. The lowest BCUT2D eigenvalue weighted by Crippen LogP contribution is -2.22. The van der Waals surface area contributed by atoms with Crippen LogP contribution in [0.15, 0.2) is 72.9 Å². The van der Waals surface area contributed by atoms with Gasteiger partial charge in [-0.3, -0.25) is 14.9 Å². The maximum atomic E-state index is 13.2. The Morgan fingerprint density at radius 2 is 1.37 bits per heavy atom. The molecule has 0 atom stereocenters. The number of fused-ring (bicyclic) bond motifs is 12. The van der Waals surface area contributed by atoms with Crippen molar-refractivity contribution in [1.82, 2.24) is 19.4 Å². The molecule has 0 spiro atoms. The number of hydrogen-bond acceptors (Lipinski definition) is 4. The number of amides is 2. The van der Waals surface area contributed by atoms with Gasteiger partial charge in [0.25, 0.3) is 11.8 Å². The molecule has 2 aromatic carbocycles. The van der Waals surface area contributed by atoms with Crippen LogP contribution in [0.3, 0.4) is 0 Å². The number of para-hydroxylation sites is 2. The summed E-state index contributed by atoms with van der Waals surface area (Å²) in [5.74, 6) is 0.189. The van der Waals surface area contributed by atoms with Gasteiger partial charge in [-0.15, -0.1) is 0 Å². The molecule has 0 aliphatic carbocycles. The highest BCUT2D eigenvalue weighted by Gasteiger charge is 2.35. The maximum Gasteiger partial charge on any atom is 0.259 e. The number of nitrogens with zero attached hydrogens (tertiary/aromatic N) is 3. The Bertz CT molecular complexity index is 1570. The highest BCUT2D eigenvalue weighted by atomic mass is 16.5. The van der Waals surface area contributed by atoms with Gasteiger partial charge >= 0.3 is 0 Å². The monoisotopic (exact) mass is 466 g/mol. The number of ether oxygens (including phenoxy) is 1. The predicted octanol–water partition coefficient (Wildman–Crippen LogP) is 3.99. The number of rotatable bonds is 1. The first-order chi connectivity index (χ1) is 17.0. The third-order valence-electron chi connectivity index (χ3n) is 6.67. The largest absolute Gasteiger partial charge is 0.494 e. The van der Waals surface area contributed by atoms with E-state index in [2.05, 4.69) is 14.5 Å². The Morgan fingerprint density at radius 1 is 0.829 bits per heavy atom. The van der Waals surface area contributed by atoms with Crippen LogP contribution >= 0.6 is 0 Å². The molecule has 2 amide bonds. The second kappa shape index (κ2) is 8.20. The molecule has 2 aromatic heterocycles. The van der Waals surface area contributed by atoms with E-state index >= 15 is 0 Å². The summed E-state index contributed by atoms with van der Waals surface area (Å²) in [5.41, 5.74) is 4.41. The van der Waals surface area contributed by atoms with Crippen molar-refractivity contribution < 1.29 is 14.3 Å². The van der Waals surface area contributed by atoms with Gasteiger partial charge in [0.1, 0.15) is 12.4 Å². The lowest BCUT2D eigenvalue weighted by Gasteiger charge is -2.15. The fourth-order valence-corrected chi connectivity index (χ4v) is 5.20. The topological polar surface area (TPSA) is 68.5 Å². The lowest BCUT2D eigenvalue weighted by molar-refractivity contribution is -0.122. The number of allylic oxidation sites excluding steroid dienone is 1. The van der Waals surface area contributed by atoms with Crippen LogP contribution in [0.2, 0.25) is 0 Å². The minimum atomic E-state index is -0.357. The van der Waals surface area contributed by atoms with Crippen LogP contribution in [0.25, 0.3) is 33.0 Å². The van der Waals surface area contributed by atoms with E-state index < -0.39 is 0 Å². The first kappa shape index (κ1) is 21.3. The molecule has 0 unspecified atom stereocenters. The second-order valence-electron chi connectivity index (χ2n) is 9.20. The molecule has 4 aromatic rings. The standard InChI is InChI=1S/C28H26N4O3/c1-30(2)15-18-11-12-31-16-21(19-7-3-5-9-23(19)31)25-26(28(34)29-27(25)33)22-17-32(13-14-35-18)24-10-6-4-8-20(22)24/h3-10,15-17H,11-14H2,1-2H3,(H,29,33,34). The number of carbonyl (C=O) groups excluding carboxylic acids is 2. The molecule has 1 N–H and O–H groups in total. The lowest BCUT2D eigenvalue weighted by atomic mass is 9.95. The van der Waals surface area contributed by atoms with Crippen molar-refractivity contribution in [3.05, 3.63) is 84.0 Å². The summed E-state index contributed by atoms with van der Waals surface area (Å²) in [4.78, 5) is 28.3. The number of benzene rings is 2. The van der Waals surface area contributed by atoms with Crippen molar-refractivity contribution in [3.8, 4) is 0 Å². The van der Waals surface area contributed by atoms with E-state index in [9.17, 15) is 9.59 Å². The maximum absolute atomic E-state index is 13.2. The van der Waals surface area contributed by atoms with Crippen LogP contribution < -0.4 is 5.32 Å². The summed E-state index contributed by atoms with van der Waals surface area (Å²) in [6, 6.07) is 16.0. The van der Waals surface area contributed by atoms with E-state index in [1.54, 1.807) is 0 Å². The van der Waals surface area contributed by atoms with E-state index in [-0.39, 0.29) is 11.8 Å². The Kier molecular flexibility index (Phi) is 4.99. The summed E-state index contributed by atoms with van der Waals surface area (Å²) >= 11 is 0. The van der Waals surface area contributed by atoms with Gasteiger partial charge in [-0.25, -0.2) is 0 Å². The zero-order valence-electron chi connectivity index (χ0n) is 19.7. The van der Waals surface area contributed by atoms with Crippen molar-refractivity contribution in [2.24, 2.45) is 0 Å². The van der Waals surface area contributed by atoms with Gasteiger partial charge in [0.05, 0.1) is 17.7 Å². The van der Waals surface area contributed by atoms with Crippen LogP contribution in [0, 0.1) is 0 Å². The van der Waals surface area contributed by atoms with E-state index in [0.717, 1.165) is 38.7 Å². The molecule has 0 saturated heterocycles. The molecule has 6 rings (SSSR count). The predicted molar refractivity (Wildman–Crippen MR) is 136 cm³/mol. The second-order valence-corrected chi connectivity index (χ2v) is 9.20. The number of hydrogen-bond donors (Lipinski definition) is 1. The average molecular weight is 467 g/mol. The van der Waals surface area contributed by atoms with E-state index in [1.165, 1.54) is 0 Å². The quantitative estimate of drug-likeness (QED) is 0.431. The normalized spacial score (nSPS) is 17.5. The Morgan fingerprint density at radius 3 is 1.94 bits per heavy atom. The molecule has 35 heavy (non-hydrogen) atoms. The van der Waals surface area contributed by atoms with Gasteiger partial charge in [-0.05, 0) is 12.1 Å². The minimum absolute atomic E-state index is 0.353. The highest BCUT2D eigenvalue weighted by molar-refractivity contribution is 6.50. The van der Waals surface area contributed by atoms with Crippen molar-refractivity contribution in [1.29, 1.82) is 0 Å². The van der Waals surface area contributed by atoms with Crippen LogP contribution in [-0.2, 0) is 27.4 Å². The third kappa shape index (κ3) is 3.51. The van der Waals surface area contributed by atoms with Crippen molar-refractivity contribution in [2.45, 2.75) is 19.5 Å². The average Bonchev–Trinajstić information content (AvgIpc) is 3.47. The van der Waals surface area contributed by atoms with Crippen LogP contribution in [0.5, 0.6) is 0 Å². The van der Waals surface area contributed by atoms with Crippen molar-refractivity contribution in [2.75, 3.05) is 20.7 Å². The Balaban J connectivity index is 1.65. The van der Waals surface area contributed by atoms with Crippen LogP contribution in [0.4, 0.5) is 0 Å². The van der Waals surface area contributed by atoms with Gasteiger partial charge < -0.3 is 18.8 Å². The van der Waals surface area contributed by atoms with Gasteiger partial charge in [-0.2, -0.15) is 0 Å². The third-order valence-corrected chi connectivity index (χ3v) is 6.67. The molecule has 7 heteroatoms. The number of aromatic nitrogens is 2. The van der Waals surface area contributed by atoms with Crippen LogP contribution in [-0.4, -0.2) is 46.6 Å². The molecule has 4 bridgehead atoms. The molecular weight excluding hydrogens is 440 g/mol. The summed E-state index contributed by atoms with van der Waals surface area (Å²) in [5, 5.41) is 4.44. The number of nitrogens with one attached hydrogen (secondary N) is 1. The molecule has 176 valence electrons. The number of imide groups is 1.